The Balaban J connectivity index is 0. The Labute approximate surface area is 312 Å². The van der Waals surface area contributed by atoms with E-state index in [9.17, 15) is 19.5 Å². The van der Waals surface area contributed by atoms with Gasteiger partial charge in [0.1, 0.15) is 5.57 Å². The maximum atomic E-state index is 13.1. The van der Waals surface area contributed by atoms with Crippen molar-refractivity contribution in [3.8, 4) is 0 Å². The fourth-order valence-corrected chi connectivity index (χ4v) is 6.61. The number of hydrogen-bond acceptors (Lipinski definition) is 4. The predicted molar refractivity (Wildman–Crippen MR) is 201 cm³/mol. The number of hydrogen-bond donors (Lipinski definition) is 2. The number of Topliss-reactive ketones (excluding diaryl/α,β-unsaturated/α-hetero) is 2. The molecule has 0 aromatic carbocycles. The third-order valence-electron chi connectivity index (χ3n) is 9.51. The third-order valence-corrected chi connectivity index (χ3v) is 9.51. The summed E-state index contributed by atoms with van der Waals surface area (Å²) in [7, 11) is 0. The van der Waals surface area contributed by atoms with Crippen molar-refractivity contribution in [3.05, 3.63) is 11.1 Å². The van der Waals surface area contributed by atoms with E-state index in [1.54, 1.807) is 0 Å². The second-order valence-electron chi connectivity index (χ2n) is 15.5. The summed E-state index contributed by atoms with van der Waals surface area (Å²) in [5, 5.41) is 9.91. The Bertz CT molecular complexity index is 848. The summed E-state index contributed by atoms with van der Waals surface area (Å²) in [6.07, 6.45) is 32.7. The fraction of sp³-hybridized carbons (Fsp3) is 0.881. The van der Waals surface area contributed by atoms with E-state index in [-0.39, 0.29) is 35.1 Å². The summed E-state index contributed by atoms with van der Waals surface area (Å²) in [5.41, 5.74) is -0.00856. The Hall–Kier alpha value is -0.976. The average molecular weight is 728 g/mol. The number of allylic oxidation sites excluding steroid dienone is 1. The van der Waals surface area contributed by atoms with Crippen molar-refractivity contribution in [2.24, 2.45) is 17.8 Å². The number of rotatable bonds is 34. The molecule has 0 aliphatic heterocycles. The Morgan fingerprint density at radius 3 is 0.939 bits per heavy atom. The molecule has 49 heavy (non-hydrogen) atoms. The van der Waals surface area contributed by atoms with E-state index in [1.807, 2.05) is 13.8 Å². The molecule has 0 fully saturated rings. The molecule has 6 nitrogen and oxygen atoms in total. The average Bonchev–Trinajstić information content (AvgIpc) is 3.03. The summed E-state index contributed by atoms with van der Waals surface area (Å²) in [6.45, 7) is 12.9. The number of aliphatic carboxylic acids is 1. The number of carboxylic acid groups (broad SMARTS) is 1. The van der Waals surface area contributed by atoms with Crippen LogP contribution in [0.4, 0.5) is 0 Å². The van der Waals surface area contributed by atoms with Crippen LogP contribution in [-0.4, -0.2) is 26.3 Å². The zero-order valence-corrected chi connectivity index (χ0v) is 34.6. The van der Waals surface area contributed by atoms with Crippen LogP contribution in [0.1, 0.15) is 221 Å². The standard InChI is InChI=1S/C42H78O4.H2O.O.Ti/c1-35(2)31-27-23-19-15-11-7-9-13-17-21-25-29-33-38(43)40(37(5)6)41(42(45)46)39(44)34-30-26-22-18-14-10-8-12-16-20-24-28-32-36(3)4;;;/h35-37H,7-34H2,1-6H3,(H,45,46);1H2;;/q;;;+1/p-1. The van der Waals surface area contributed by atoms with E-state index in [0.29, 0.717) is 12.8 Å². The van der Waals surface area contributed by atoms with E-state index in [0.717, 1.165) is 43.9 Å². The van der Waals surface area contributed by atoms with Crippen LogP contribution in [0, 0.1) is 17.8 Å². The van der Waals surface area contributed by atoms with Gasteiger partial charge in [0.25, 0.3) is 0 Å². The molecule has 0 radical (unpaired) electrons. The Kier molecular flexibility index (Phi) is 37.7. The molecule has 0 heterocycles. The molecule has 0 bridgehead atoms. The second kappa shape index (κ2) is 36.8. The van der Waals surface area contributed by atoms with Crippen LogP contribution in [0.2, 0.25) is 0 Å². The molecule has 0 atom stereocenters. The first-order chi connectivity index (χ1) is 23.5. The predicted octanol–water partition coefficient (Wildman–Crippen LogP) is 12.7. The van der Waals surface area contributed by atoms with Gasteiger partial charge in [0.15, 0.2) is 11.6 Å². The molecule has 0 unspecified atom stereocenters. The second-order valence-corrected chi connectivity index (χ2v) is 15.8. The molecule has 0 aliphatic carbocycles. The number of unbranched alkanes of at least 4 members (excludes halogenated alkanes) is 22. The molecule has 0 aromatic heterocycles. The molecule has 2 N–H and O–H groups in total. The topological polar surface area (TPSA) is 109 Å². The van der Waals surface area contributed by atoms with Crippen molar-refractivity contribution in [1.82, 2.24) is 0 Å². The van der Waals surface area contributed by atoms with E-state index < -0.39 is 25.5 Å². The summed E-state index contributed by atoms with van der Waals surface area (Å²) < 4.78 is 15.8. The van der Waals surface area contributed by atoms with Gasteiger partial charge in [0.2, 0.25) is 0 Å². The normalized spacial score (nSPS) is 11.8. The van der Waals surface area contributed by atoms with Gasteiger partial charge in [-0.15, -0.1) is 0 Å². The SMILES string of the molecule is CC(C)CCCCCCCCCCCCCCC(=O)C(C(=O)O)=C(C(=O)CCCCCCCCCCCCCCC(C)C)C(C)C.[O]=[Ti][OH]. The summed E-state index contributed by atoms with van der Waals surface area (Å²) in [4.78, 5) is 38.2. The first-order valence-corrected chi connectivity index (χ1v) is 21.9. The van der Waals surface area contributed by atoms with Crippen LogP contribution in [0.15, 0.2) is 11.1 Å². The van der Waals surface area contributed by atoms with Gasteiger partial charge in [0, 0.05) is 18.4 Å². The van der Waals surface area contributed by atoms with Crippen LogP contribution in [0.25, 0.3) is 0 Å². The van der Waals surface area contributed by atoms with Crippen molar-refractivity contribution in [2.45, 2.75) is 221 Å². The van der Waals surface area contributed by atoms with Gasteiger partial charge in [-0.2, -0.15) is 0 Å². The Morgan fingerprint density at radius 1 is 0.449 bits per heavy atom. The minimum absolute atomic E-state index is 0.148. The van der Waals surface area contributed by atoms with E-state index in [2.05, 4.69) is 27.7 Å². The number of carbonyl (C=O) groups is 3. The Morgan fingerprint density at radius 2 is 0.694 bits per heavy atom. The minimum atomic E-state index is -1.75. The summed E-state index contributed by atoms with van der Waals surface area (Å²) >= 11 is -1.75. The quantitative estimate of drug-likeness (QED) is 0.0225. The zero-order valence-electron chi connectivity index (χ0n) is 33.1. The van der Waals surface area contributed by atoms with Crippen LogP contribution < -0.4 is 0 Å². The first-order valence-electron chi connectivity index (χ1n) is 20.5. The molecule has 0 saturated carbocycles. The third kappa shape index (κ3) is 33.9. The van der Waals surface area contributed by atoms with Gasteiger partial charge in [-0.05, 0) is 30.6 Å². The van der Waals surface area contributed by atoms with Gasteiger partial charge in [-0.25, -0.2) is 4.79 Å². The van der Waals surface area contributed by atoms with Crippen molar-refractivity contribution < 1.29 is 46.0 Å². The summed E-state index contributed by atoms with van der Waals surface area (Å²) in [6, 6.07) is 0. The van der Waals surface area contributed by atoms with Crippen molar-refractivity contribution in [3.63, 3.8) is 0 Å². The number of ketones is 2. The number of carboxylic acids is 1. The molecule has 0 aromatic rings. The van der Waals surface area contributed by atoms with Gasteiger partial charge < -0.3 is 5.11 Å². The molecular weight excluding hydrogens is 648 g/mol. The molecule has 287 valence electrons. The van der Waals surface area contributed by atoms with Crippen LogP contribution in [0.3, 0.4) is 0 Å². The summed E-state index contributed by atoms with van der Waals surface area (Å²) in [5.74, 6) is -0.362. The van der Waals surface area contributed by atoms with Gasteiger partial charge in [-0.3, -0.25) is 9.59 Å². The van der Waals surface area contributed by atoms with Crippen molar-refractivity contribution in [1.29, 1.82) is 0 Å². The molecule has 0 spiro atoms. The van der Waals surface area contributed by atoms with Gasteiger partial charge >= 0.3 is 32.5 Å². The first kappa shape index (κ1) is 50.1. The maximum absolute atomic E-state index is 13.1. The molecular formula is C42H79O6Ti. The van der Waals surface area contributed by atoms with Crippen LogP contribution in [0.5, 0.6) is 0 Å². The molecule has 7 heteroatoms. The van der Waals surface area contributed by atoms with Crippen LogP contribution in [-0.2, 0) is 37.2 Å². The van der Waals surface area contributed by atoms with E-state index in [4.69, 9.17) is 7.01 Å². The van der Waals surface area contributed by atoms with E-state index in [1.165, 1.54) is 128 Å². The van der Waals surface area contributed by atoms with Crippen molar-refractivity contribution >= 4 is 17.5 Å². The van der Waals surface area contributed by atoms with Gasteiger partial charge in [0.05, 0.1) is 0 Å². The number of carbonyl (C=O) groups excluding carboxylic acids is 2. The van der Waals surface area contributed by atoms with E-state index >= 15 is 0 Å². The zero-order chi connectivity index (χ0) is 37.1. The molecule has 0 aliphatic rings. The fourth-order valence-electron chi connectivity index (χ4n) is 6.61. The molecule has 0 saturated heterocycles. The monoisotopic (exact) mass is 728 g/mol. The van der Waals surface area contributed by atoms with Crippen LogP contribution >= 0.6 is 0 Å². The molecule has 0 amide bonds. The van der Waals surface area contributed by atoms with Gasteiger partial charge in [-0.1, -0.05) is 196 Å². The van der Waals surface area contributed by atoms with Crippen molar-refractivity contribution in [2.75, 3.05) is 0 Å². The molecule has 0 rings (SSSR count).